The number of aliphatic imine (C=N–C) groups is 1. The molecule has 2 saturated carbocycles. The molecule has 156 valence electrons. The van der Waals surface area contributed by atoms with E-state index in [0.29, 0.717) is 18.6 Å². The number of ether oxygens (including phenoxy) is 1. The van der Waals surface area contributed by atoms with Gasteiger partial charge in [-0.05, 0) is 39.0 Å². The van der Waals surface area contributed by atoms with Gasteiger partial charge < -0.3 is 25.8 Å². The van der Waals surface area contributed by atoms with Crippen molar-refractivity contribution >= 4 is 12.1 Å². The van der Waals surface area contributed by atoms with Gasteiger partial charge >= 0.3 is 6.09 Å². The molecule has 2 fully saturated rings. The highest BCUT2D eigenvalue weighted by molar-refractivity contribution is 5.80. The van der Waals surface area contributed by atoms with E-state index in [1.807, 2.05) is 0 Å². The number of rotatable bonds is 8. The van der Waals surface area contributed by atoms with Crippen molar-refractivity contribution in [2.75, 3.05) is 19.7 Å². The summed E-state index contributed by atoms with van der Waals surface area (Å²) in [5.41, 5.74) is 0. The fourth-order valence-electron chi connectivity index (χ4n) is 3.70. The van der Waals surface area contributed by atoms with Crippen LogP contribution >= 0.6 is 0 Å². The topological polar surface area (TPSA) is 95.0 Å². The van der Waals surface area contributed by atoms with E-state index in [0.717, 1.165) is 18.9 Å². The molecule has 0 heterocycles. The predicted octanol–water partition coefficient (Wildman–Crippen LogP) is 2.68. The van der Waals surface area contributed by atoms with Crippen molar-refractivity contribution in [2.45, 2.75) is 95.7 Å². The van der Waals surface area contributed by atoms with Gasteiger partial charge in [0.2, 0.25) is 0 Å². The minimum Gasteiger partial charge on any atom is -0.447 e. The maximum atomic E-state index is 11.5. The highest BCUT2D eigenvalue weighted by Crippen LogP contribution is 2.21. The van der Waals surface area contributed by atoms with Crippen molar-refractivity contribution in [2.24, 2.45) is 4.99 Å². The molecule has 2 rings (SSSR count). The first kappa shape index (κ1) is 21.8. The largest absolute Gasteiger partial charge is 0.447 e. The number of hydrogen-bond donors (Lipinski definition) is 4. The lowest BCUT2D eigenvalue weighted by Crippen LogP contribution is -2.45. The lowest BCUT2D eigenvalue weighted by Gasteiger charge is -2.27. The van der Waals surface area contributed by atoms with E-state index < -0.39 is 12.2 Å². The first-order chi connectivity index (χ1) is 13.1. The number of alkyl carbamates (subject to hydrolysis) is 1. The summed E-state index contributed by atoms with van der Waals surface area (Å²) >= 11 is 0. The Morgan fingerprint density at radius 2 is 1.67 bits per heavy atom. The van der Waals surface area contributed by atoms with Gasteiger partial charge in [-0.2, -0.15) is 0 Å². The minimum absolute atomic E-state index is 0.0214. The smallest absolute Gasteiger partial charge is 0.407 e. The molecule has 0 saturated heterocycles. The molecule has 7 nitrogen and oxygen atoms in total. The second-order valence-corrected chi connectivity index (χ2v) is 7.90. The molecule has 0 radical (unpaired) electrons. The Hall–Kier alpha value is -1.50. The van der Waals surface area contributed by atoms with E-state index in [1.165, 1.54) is 64.2 Å². The summed E-state index contributed by atoms with van der Waals surface area (Å²) in [6, 6.07) is 0.966. The average molecular weight is 383 g/mol. The number of aliphatic hydroxyl groups is 1. The van der Waals surface area contributed by atoms with E-state index in [-0.39, 0.29) is 6.61 Å². The average Bonchev–Trinajstić information content (AvgIpc) is 2.67. The van der Waals surface area contributed by atoms with Crippen LogP contribution in [0.4, 0.5) is 4.79 Å². The number of nitrogens with one attached hydrogen (secondary N) is 3. The number of aliphatic hydroxyl groups excluding tert-OH is 1. The summed E-state index contributed by atoms with van der Waals surface area (Å²) in [5.74, 6) is 0.936. The summed E-state index contributed by atoms with van der Waals surface area (Å²) in [5, 5.41) is 18.9. The van der Waals surface area contributed by atoms with E-state index in [9.17, 15) is 4.79 Å². The van der Waals surface area contributed by atoms with Crippen molar-refractivity contribution in [1.29, 1.82) is 0 Å². The summed E-state index contributed by atoms with van der Waals surface area (Å²) < 4.78 is 4.88. The molecule has 4 N–H and O–H groups in total. The third-order valence-corrected chi connectivity index (χ3v) is 5.20. The summed E-state index contributed by atoms with van der Waals surface area (Å²) in [7, 11) is 0. The molecule has 27 heavy (non-hydrogen) atoms. The Morgan fingerprint density at radius 1 is 1.04 bits per heavy atom. The maximum absolute atomic E-state index is 11.5. The number of hydrogen-bond acceptors (Lipinski definition) is 4. The van der Waals surface area contributed by atoms with Crippen LogP contribution in [0.3, 0.4) is 0 Å². The lowest BCUT2D eigenvalue weighted by atomic mass is 9.95. The Bertz CT molecular complexity index is 445. The Kier molecular flexibility index (Phi) is 10.3. The maximum Gasteiger partial charge on any atom is 0.407 e. The third-order valence-electron chi connectivity index (χ3n) is 5.20. The number of carbonyl (C=O) groups is 1. The Balaban J connectivity index is 1.70. The van der Waals surface area contributed by atoms with E-state index in [2.05, 4.69) is 16.0 Å². The molecule has 0 aromatic rings. The van der Waals surface area contributed by atoms with Crippen LogP contribution in [0.5, 0.6) is 0 Å². The fourth-order valence-corrected chi connectivity index (χ4v) is 3.70. The van der Waals surface area contributed by atoms with Gasteiger partial charge in [-0.1, -0.05) is 38.5 Å². The second kappa shape index (κ2) is 12.8. The number of amides is 1. The van der Waals surface area contributed by atoms with Gasteiger partial charge in [-0.3, -0.25) is 0 Å². The molecule has 1 amide bonds. The predicted molar refractivity (Wildman–Crippen MR) is 108 cm³/mol. The molecule has 2 aliphatic carbocycles. The van der Waals surface area contributed by atoms with Gasteiger partial charge in [0.05, 0.1) is 12.1 Å². The van der Waals surface area contributed by atoms with Crippen LogP contribution in [0, 0.1) is 0 Å². The molecular weight excluding hydrogens is 344 g/mol. The van der Waals surface area contributed by atoms with E-state index in [1.54, 1.807) is 6.92 Å². The van der Waals surface area contributed by atoms with Crippen LogP contribution in [0.25, 0.3) is 0 Å². The van der Waals surface area contributed by atoms with Crippen LogP contribution in [0.2, 0.25) is 0 Å². The molecule has 0 aromatic heterocycles. The molecule has 0 bridgehead atoms. The molecule has 0 aromatic carbocycles. The molecular formula is C20H38N4O3. The van der Waals surface area contributed by atoms with Crippen LogP contribution in [0.1, 0.15) is 77.6 Å². The number of nitrogens with zero attached hydrogens (tertiary/aromatic N) is 1. The zero-order valence-corrected chi connectivity index (χ0v) is 16.8. The van der Waals surface area contributed by atoms with Gasteiger partial charge in [-0.15, -0.1) is 0 Å². The van der Waals surface area contributed by atoms with Crippen LogP contribution < -0.4 is 16.0 Å². The second-order valence-electron chi connectivity index (χ2n) is 7.90. The highest BCUT2D eigenvalue weighted by atomic mass is 16.6. The highest BCUT2D eigenvalue weighted by Gasteiger charge is 2.17. The third kappa shape index (κ3) is 9.84. The first-order valence-corrected chi connectivity index (χ1v) is 10.8. The number of carbonyl (C=O) groups excluding carboxylic acids is 1. The van der Waals surface area contributed by atoms with E-state index >= 15 is 0 Å². The fraction of sp³-hybridized carbons (Fsp3) is 0.900. The molecule has 2 aliphatic rings. The van der Waals surface area contributed by atoms with Gasteiger partial charge in [-0.25, -0.2) is 9.79 Å². The first-order valence-electron chi connectivity index (χ1n) is 10.8. The summed E-state index contributed by atoms with van der Waals surface area (Å²) in [6.07, 6.45) is 12.3. The molecule has 7 heteroatoms. The zero-order valence-electron chi connectivity index (χ0n) is 16.8. The van der Waals surface area contributed by atoms with Gasteiger partial charge in [0.25, 0.3) is 0 Å². The SMILES string of the molecule is CC(O)COC(=O)NCCCN/C(=N\C1CCCCC1)NC1CCCCC1. The van der Waals surface area contributed by atoms with Gasteiger partial charge in [0.1, 0.15) is 6.61 Å². The Morgan fingerprint density at radius 3 is 2.33 bits per heavy atom. The lowest BCUT2D eigenvalue weighted by molar-refractivity contribution is 0.0781. The van der Waals surface area contributed by atoms with Crippen molar-refractivity contribution in [3.05, 3.63) is 0 Å². The van der Waals surface area contributed by atoms with E-state index in [4.69, 9.17) is 14.8 Å². The zero-order chi connectivity index (χ0) is 19.3. The van der Waals surface area contributed by atoms with Crippen molar-refractivity contribution in [1.82, 2.24) is 16.0 Å². The molecule has 1 atom stereocenters. The quantitative estimate of drug-likeness (QED) is 0.294. The van der Waals surface area contributed by atoms with Crippen molar-refractivity contribution in [3.63, 3.8) is 0 Å². The van der Waals surface area contributed by atoms with Crippen molar-refractivity contribution < 1.29 is 14.6 Å². The summed E-state index contributed by atoms with van der Waals surface area (Å²) in [4.78, 5) is 16.4. The van der Waals surface area contributed by atoms with Crippen LogP contribution in [-0.2, 0) is 4.74 Å². The van der Waals surface area contributed by atoms with Crippen molar-refractivity contribution in [3.8, 4) is 0 Å². The monoisotopic (exact) mass is 382 g/mol. The van der Waals surface area contributed by atoms with Crippen LogP contribution in [-0.4, -0.2) is 55.0 Å². The van der Waals surface area contributed by atoms with Gasteiger partial charge in [0.15, 0.2) is 5.96 Å². The number of guanidine groups is 1. The standard InChI is InChI=1S/C20H38N4O3/c1-16(25)15-27-20(26)22-14-8-13-21-19(23-17-9-4-2-5-10-17)24-18-11-6-3-7-12-18/h16-18,25H,2-15H2,1H3,(H,22,26)(H2,21,23,24). The van der Waals surface area contributed by atoms with Gasteiger partial charge in [0, 0.05) is 19.1 Å². The molecule has 0 spiro atoms. The normalized spacial score (nSPS) is 20.7. The molecule has 0 aliphatic heterocycles. The minimum atomic E-state index is -0.637. The summed E-state index contributed by atoms with van der Waals surface area (Å²) in [6.45, 7) is 2.89. The molecule has 1 unspecified atom stereocenters. The Labute approximate surface area is 163 Å². The van der Waals surface area contributed by atoms with Crippen LogP contribution in [0.15, 0.2) is 4.99 Å².